The first-order chi connectivity index (χ1) is 16.8. The smallest absolute Gasteiger partial charge is 0.267 e. The maximum atomic E-state index is 13.1. The number of halogens is 1. The molecule has 0 spiro atoms. The molecule has 1 aromatic heterocycles. The maximum Gasteiger partial charge on any atom is 0.267 e. The number of ether oxygens (including phenoxy) is 2. The van der Waals surface area contributed by atoms with E-state index >= 15 is 0 Å². The summed E-state index contributed by atoms with van der Waals surface area (Å²) in [6, 6.07) is 13.5. The molecule has 11 heteroatoms. The van der Waals surface area contributed by atoms with Crippen molar-refractivity contribution in [3.63, 3.8) is 0 Å². The lowest BCUT2D eigenvalue weighted by Gasteiger charge is -2.19. The van der Waals surface area contributed by atoms with Crippen LogP contribution < -0.4 is 15.2 Å². The zero-order chi connectivity index (χ0) is 24.9. The van der Waals surface area contributed by atoms with Crippen LogP contribution in [-0.4, -0.2) is 68.8 Å². The minimum Gasteiger partial charge on any atom is -0.464 e. The van der Waals surface area contributed by atoms with Gasteiger partial charge in [-0.3, -0.25) is 9.59 Å². The fourth-order valence-electron chi connectivity index (χ4n) is 3.51. The monoisotopic (exact) mass is 482 g/mol. The van der Waals surface area contributed by atoms with Crippen LogP contribution in [0.3, 0.4) is 0 Å². The topological polar surface area (TPSA) is 148 Å². The Balaban J connectivity index is 1.52. The number of aliphatic hydroxyl groups is 2. The fraction of sp³-hybridized carbons (Fsp3) is 0.250. The number of nitrogens with two attached hydrogens (primary N) is 1. The van der Waals surface area contributed by atoms with E-state index in [0.717, 1.165) is 0 Å². The fourth-order valence-corrected chi connectivity index (χ4v) is 3.51. The summed E-state index contributed by atoms with van der Waals surface area (Å²) in [5.74, 6) is -0.415. The van der Waals surface area contributed by atoms with Crippen LogP contribution in [-0.2, 0) is 4.79 Å². The van der Waals surface area contributed by atoms with Crippen LogP contribution in [0.25, 0.3) is 11.4 Å². The Morgan fingerprint density at radius 2 is 1.80 bits per heavy atom. The molecular weight excluding hydrogens is 459 g/mol. The number of β-amino-alcohol motifs (C(OH)–C–C–N with tert-alkyl or cyclic N) is 1. The molecule has 4 N–H and O–H groups in total. The Labute approximate surface area is 199 Å². The van der Waals surface area contributed by atoms with Gasteiger partial charge in [0.05, 0.1) is 12.7 Å². The molecular formula is C24H23FN4O6. The van der Waals surface area contributed by atoms with Gasteiger partial charge in [0.1, 0.15) is 23.0 Å². The number of nitrogens with zero attached hydrogens (tertiary/aromatic N) is 3. The lowest BCUT2D eigenvalue weighted by Crippen LogP contribution is -2.38. The van der Waals surface area contributed by atoms with Crippen molar-refractivity contribution in [3.8, 4) is 28.8 Å². The summed E-state index contributed by atoms with van der Waals surface area (Å²) in [6.07, 6.45) is -1.56. The molecule has 1 saturated heterocycles. The van der Waals surface area contributed by atoms with E-state index < -0.39 is 24.7 Å². The number of aliphatic hydroxyl groups excluding tert-OH is 2. The quantitative estimate of drug-likeness (QED) is 0.416. The third-order valence-electron chi connectivity index (χ3n) is 5.27. The molecule has 182 valence electrons. The van der Waals surface area contributed by atoms with Gasteiger partial charge >= 0.3 is 0 Å². The molecule has 2 aromatic carbocycles. The first kappa shape index (κ1) is 24.0. The molecule has 3 aromatic rings. The van der Waals surface area contributed by atoms with Crippen LogP contribution in [0, 0.1) is 5.82 Å². The van der Waals surface area contributed by atoms with Crippen LogP contribution in [0.15, 0.2) is 54.6 Å². The second-order valence-corrected chi connectivity index (χ2v) is 7.88. The lowest BCUT2D eigenvalue weighted by atomic mass is 10.2. The number of benzene rings is 2. The molecule has 2 unspecified atom stereocenters. The number of likely N-dealkylation sites (tertiary alicyclic amines) is 1. The number of carbonyl (C=O) groups excluding carboxylic acids is 2. The number of hydrogen-bond acceptors (Lipinski definition) is 8. The molecule has 0 radical (unpaired) electrons. The van der Waals surface area contributed by atoms with Crippen molar-refractivity contribution in [3.05, 3.63) is 66.1 Å². The highest BCUT2D eigenvalue weighted by molar-refractivity contribution is 5.91. The summed E-state index contributed by atoms with van der Waals surface area (Å²) < 4.78 is 24.5. The molecule has 2 atom stereocenters. The van der Waals surface area contributed by atoms with Crippen molar-refractivity contribution >= 4 is 11.8 Å². The largest absolute Gasteiger partial charge is 0.464 e. The normalized spacial score (nSPS) is 16.3. The van der Waals surface area contributed by atoms with Gasteiger partial charge < -0.3 is 30.3 Å². The summed E-state index contributed by atoms with van der Waals surface area (Å²) in [5.41, 5.74) is 5.87. The molecule has 0 aliphatic carbocycles. The van der Waals surface area contributed by atoms with Gasteiger partial charge in [-0.15, -0.1) is 0 Å². The van der Waals surface area contributed by atoms with Crippen molar-refractivity contribution in [1.29, 1.82) is 0 Å². The van der Waals surface area contributed by atoms with Gasteiger partial charge in [0.15, 0.2) is 11.9 Å². The molecule has 0 bridgehead atoms. The van der Waals surface area contributed by atoms with Gasteiger partial charge in [-0.25, -0.2) is 9.37 Å². The minimum absolute atomic E-state index is 0.00153. The van der Waals surface area contributed by atoms with Crippen molar-refractivity contribution in [2.24, 2.45) is 5.73 Å². The molecule has 2 amide bonds. The van der Waals surface area contributed by atoms with E-state index in [4.69, 9.17) is 20.3 Å². The van der Waals surface area contributed by atoms with Gasteiger partial charge in [0, 0.05) is 31.1 Å². The molecule has 1 aliphatic rings. The van der Waals surface area contributed by atoms with E-state index in [1.165, 1.54) is 35.2 Å². The minimum atomic E-state index is -1.04. The van der Waals surface area contributed by atoms with E-state index in [1.807, 2.05) is 0 Å². The SMILES string of the molecule is NC(=O)c1cc(OC2CCN(CC(O)CO)C2=O)nc(-c2ccc(Oc3ccc(F)cc3)cc2)n1. The number of carbonyl (C=O) groups is 2. The highest BCUT2D eigenvalue weighted by Crippen LogP contribution is 2.27. The molecule has 35 heavy (non-hydrogen) atoms. The van der Waals surface area contributed by atoms with Gasteiger partial charge in [0.2, 0.25) is 5.88 Å². The summed E-state index contributed by atoms with van der Waals surface area (Å²) >= 11 is 0. The summed E-state index contributed by atoms with van der Waals surface area (Å²) in [7, 11) is 0. The Morgan fingerprint density at radius 3 is 2.43 bits per heavy atom. The van der Waals surface area contributed by atoms with E-state index in [2.05, 4.69) is 9.97 Å². The number of aromatic nitrogens is 2. The molecule has 1 aliphatic heterocycles. The number of rotatable bonds is 9. The van der Waals surface area contributed by atoms with Crippen molar-refractivity contribution in [2.45, 2.75) is 18.6 Å². The standard InChI is InChI=1S/C24H23FN4O6/c25-15-3-7-18(8-4-15)34-17-5-1-14(2-6-17)23-27-19(22(26)32)11-21(28-23)35-20-9-10-29(24(20)33)12-16(31)13-30/h1-8,11,16,20,30-31H,9-10,12-13H2,(H2,26,32). The van der Waals surface area contributed by atoms with Crippen LogP contribution >= 0.6 is 0 Å². The molecule has 1 fully saturated rings. The maximum absolute atomic E-state index is 13.1. The Hall–Kier alpha value is -4.09. The average Bonchev–Trinajstić information content (AvgIpc) is 3.19. The Morgan fingerprint density at radius 1 is 1.14 bits per heavy atom. The molecule has 4 rings (SSSR count). The second-order valence-electron chi connectivity index (χ2n) is 7.88. The van der Waals surface area contributed by atoms with E-state index in [0.29, 0.717) is 30.0 Å². The Bertz CT molecular complexity index is 1210. The first-order valence-electron chi connectivity index (χ1n) is 10.8. The lowest BCUT2D eigenvalue weighted by molar-refractivity contribution is -0.134. The zero-order valence-electron chi connectivity index (χ0n) is 18.5. The predicted molar refractivity (Wildman–Crippen MR) is 121 cm³/mol. The molecule has 10 nitrogen and oxygen atoms in total. The second kappa shape index (κ2) is 10.5. The summed E-state index contributed by atoms with van der Waals surface area (Å²) in [4.78, 5) is 34.3. The van der Waals surface area contributed by atoms with Gasteiger partial charge in [-0.2, -0.15) is 4.98 Å². The third kappa shape index (κ3) is 5.89. The highest BCUT2D eigenvalue weighted by atomic mass is 19.1. The van der Waals surface area contributed by atoms with Crippen molar-refractivity contribution in [2.75, 3.05) is 19.7 Å². The predicted octanol–water partition coefficient (Wildman–Crippen LogP) is 1.51. The molecule has 0 saturated carbocycles. The van der Waals surface area contributed by atoms with Crippen molar-refractivity contribution < 1.29 is 33.7 Å². The van der Waals surface area contributed by atoms with Crippen LogP contribution in [0.5, 0.6) is 17.4 Å². The summed E-state index contributed by atoms with van der Waals surface area (Å²) in [6.45, 7) is -0.125. The van der Waals surface area contributed by atoms with Crippen molar-refractivity contribution in [1.82, 2.24) is 14.9 Å². The number of primary amides is 1. The Kier molecular flexibility index (Phi) is 7.18. The van der Waals surface area contributed by atoms with E-state index in [9.17, 15) is 19.1 Å². The van der Waals surface area contributed by atoms with Crippen LogP contribution in [0.2, 0.25) is 0 Å². The highest BCUT2D eigenvalue weighted by Gasteiger charge is 2.34. The zero-order valence-corrected chi connectivity index (χ0v) is 18.5. The van der Waals surface area contributed by atoms with Gasteiger partial charge in [0.25, 0.3) is 11.8 Å². The number of amides is 2. The van der Waals surface area contributed by atoms with Gasteiger partial charge in [-0.05, 0) is 48.5 Å². The number of hydrogen-bond donors (Lipinski definition) is 3. The third-order valence-corrected chi connectivity index (χ3v) is 5.27. The molecule has 2 heterocycles. The average molecular weight is 482 g/mol. The first-order valence-corrected chi connectivity index (χ1v) is 10.8. The van der Waals surface area contributed by atoms with Crippen LogP contribution in [0.1, 0.15) is 16.9 Å². The van der Waals surface area contributed by atoms with E-state index in [1.54, 1.807) is 24.3 Å². The summed E-state index contributed by atoms with van der Waals surface area (Å²) in [5, 5.41) is 18.6. The van der Waals surface area contributed by atoms with E-state index in [-0.39, 0.29) is 35.7 Å². The van der Waals surface area contributed by atoms with Crippen LogP contribution in [0.4, 0.5) is 4.39 Å². The van der Waals surface area contributed by atoms with Gasteiger partial charge in [-0.1, -0.05) is 0 Å².